The van der Waals surface area contributed by atoms with Crippen molar-refractivity contribution in [3.05, 3.63) is 23.8 Å². The number of methoxy groups -OCH3 is 1. The van der Waals surface area contributed by atoms with Gasteiger partial charge in [-0.2, -0.15) is 0 Å². The Balaban J connectivity index is 2.26. The number of carbonyl (C=O) groups is 2. The van der Waals surface area contributed by atoms with Gasteiger partial charge in [0.05, 0.1) is 13.2 Å². The molecule has 0 aliphatic heterocycles. The van der Waals surface area contributed by atoms with E-state index in [0.717, 1.165) is 19.3 Å². The van der Waals surface area contributed by atoms with Crippen LogP contribution in [0.3, 0.4) is 0 Å². The predicted molar refractivity (Wildman–Crippen MR) is 109 cm³/mol. The summed E-state index contributed by atoms with van der Waals surface area (Å²) in [7, 11) is 1.32. The zero-order chi connectivity index (χ0) is 20.7. The molecule has 1 aromatic carbocycles. The zero-order valence-electron chi connectivity index (χ0n) is 17.7. The lowest BCUT2D eigenvalue weighted by Crippen LogP contribution is -2.48. The maximum atomic E-state index is 13.2. The summed E-state index contributed by atoms with van der Waals surface area (Å²) >= 11 is 0. The highest BCUT2D eigenvalue weighted by atomic mass is 16.5. The van der Waals surface area contributed by atoms with E-state index >= 15 is 0 Å². The predicted octanol–water partition coefficient (Wildman–Crippen LogP) is 4.57. The smallest absolute Gasteiger partial charge is 0.341 e. The Morgan fingerprint density at radius 3 is 2.68 bits per heavy atom. The van der Waals surface area contributed by atoms with Gasteiger partial charge in [-0.3, -0.25) is 4.79 Å². The van der Waals surface area contributed by atoms with Crippen LogP contribution in [0.5, 0.6) is 5.75 Å². The van der Waals surface area contributed by atoms with E-state index in [1.807, 2.05) is 20.8 Å². The standard InChI is InChI=1S/C22H33NO5/c1-6-12-27-22(11-7-8-16(4)14-22)21(25)23-17-9-10-19(28-15(2)3)18(13-17)20(24)26-5/h9-10,13,15-16H,6-8,11-12,14H2,1-5H3,(H,23,25)/t16-,22-/m1/s1. The molecule has 0 unspecified atom stereocenters. The molecule has 1 N–H and O–H groups in total. The second-order valence-electron chi connectivity index (χ2n) is 7.87. The molecule has 0 bridgehead atoms. The highest BCUT2D eigenvalue weighted by molar-refractivity contribution is 5.99. The molecule has 2 rings (SSSR count). The lowest BCUT2D eigenvalue weighted by Gasteiger charge is -2.38. The molecule has 1 aromatic rings. The van der Waals surface area contributed by atoms with Crippen LogP contribution in [0, 0.1) is 5.92 Å². The number of hydrogen-bond acceptors (Lipinski definition) is 5. The summed E-state index contributed by atoms with van der Waals surface area (Å²) < 4.78 is 16.6. The first-order valence-electron chi connectivity index (χ1n) is 10.2. The van der Waals surface area contributed by atoms with E-state index in [0.29, 0.717) is 36.8 Å². The largest absolute Gasteiger partial charge is 0.490 e. The molecule has 0 aromatic heterocycles. The van der Waals surface area contributed by atoms with Crippen molar-refractivity contribution in [2.75, 3.05) is 19.0 Å². The van der Waals surface area contributed by atoms with Crippen molar-refractivity contribution in [1.82, 2.24) is 0 Å². The summed E-state index contributed by atoms with van der Waals surface area (Å²) in [4.78, 5) is 25.3. The van der Waals surface area contributed by atoms with E-state index in [-0.39, 0.29) is 17.6 Å². The highest BCUT2D eigenvalue weighted by Gasteiger charge is 2.42. The Labute approximate surface area is 167 Å². The summed E-state index contributed by atoms with van der Waals surface area (Å²) in [5.41, 5.74) is 0.000368. The number of rotatable bonds is 8. The summed E-state index contributed by atoms with van der Waals surface area (Å²) in [6.07, 6.45) is 4.26. The van der Waals surface area contributed by atoms with Crippen molar-refractivity contribution in [2.45, 2.75) is 71.5 Å². The minimum Gasteiger partial charge on any atom is -0.490 e. The maximum Gasteiger partial charge on any atom is 0.341 e. The molecule has 1 fully saturated rings. The molecule has 0 radical (unpaired) electrons. The normalized spacial score (nSPS) is 22.0. The lowest BCUT2D eigenvalue weighted by atomic mass is 9.78. The summed E-state index contributed by atoms with van der Waals surface area (Å²) in [6, 6.07) is 5.02. The number of ether oxygens (including phenoxy) is 3. The van der Waals surface area contributed by atoms with Gasteiger partial charge in [-0.05, 0) is 63.6 Å². The average molecular weight is 392 g/mol. The van der Waals surface area contributed by atoms with E-state index < -0.39 is 11.6 Å². The van der Waals surface area contributed by atoms with Crippen LogP contribution in [0.25, 0.3) is 0 Å². The first-order valence-corrected chi connectivity index (χ1v) is 10.2. The molecule has 6 heteroatoms. The van der Waals surface area contributed by atoms with E-state index in [9.17, 15) is 9.59 Å². The summed E-state index contributed by atoms with van der Waals surface area (Å²) in [6.45, 7) is 8.51. The van der Waals surface area contributed by atoms with E-state index in [2.05, 4.69) is 12.2 Å². The highest BCUT2D eigenvalue weighted by Crippen LogP contribution is 2.36. The first-order chi connectivity index (χ1) is 13.3. The molecule has 6 nitrogen and oxygen atoms in total. The third kappa shape index (κ3) is 5.47. The Hall–Kier alpha value is -2.08. The van der Waals surface area contributed by atoms with Crippen LogP contribution in [-0.2, 0) is 14.3 Å². The van der Waals surface area contributed by atoms with E-state index in [1.165, 1.54) is 7.11 Å². The molecular weight excluding hydrogens is 358 g/mol. The van der Waals surface area contributed by atoms with Gasteiger partial charge >= 0.3 is 5.97 Å². The third-order valence-corrected chi connectivity index (χ3v) is 4.96. The molecule has 0 saturated heterocycles. The number of nitrogens with one attached hydrogen (secondary N) is 1. The first kappa shape index (κ1) is 22.2. The van der Waals surface area contributed by atoms with Crippen LogP contribution >= 0.6 is 0 Å². The van der Waals surface area contributed by atoms with Gasteiger partial charge in [0.25, 0.3) is 5.91 Å². The fourth-order valence-electron chi connectivity index (χ4n) is 3.68. The fourth-order valence-corrected chi connectivity index (χ4v) is 3.68. The molecule has 1 amide bonds. The molecule has 0 heterocycles. The second-order valence-corrected chi connectivity index (χ2v) is 7.87. The van der Waals surface area contributed by atoms with Gasteiger partial charge in [-0.25, -0.2) is 4.79 Å². The van der Waals surface area contributed by atoms with Crippen molar-refractivity contribution in [3.8, 4) is 5.75 Å². The summed E-state index contributed by atoms with van der Waals surface area (Å²) in [5, 5.41) is 2.95. The Bertz CT molecular complexity index is 688. The van der Waals surface area contributed by atoms with Gasteiger partial charge in [0.15, 0.2) is 0 Å². The molecule has 1 aliphatic carbocycles. The number of benzene rings is 1. The van der Waals surface area contributed by atoms with Crippen LogP contribution in [0.2, 0.25) is 0 Å². The lowest BCUT2D eigenvalue weighted by molar-refractivity contribution is -0.148. The topological polar surface area (TPSA) is 73.9 Å². The van der Waals surface area contributed by atoms with Crippen molar-refractivity contribution >= 4 is 17.6 Å². The van der Waals surface area contributed by atoms with Gasteiger partial charge < -0.3 is 19.5 Å². The van der Waals surface area contributed by atoms with Crippen molar-refractivity contribution in [3.63, 3.8) is 0 Å². The van der Waals surface area contributed by atoms with Crippen LogP contribution in [0.4, 0.5) is 5.69 Å². The van der Waals surface area contributed by atoms with Gasteiger partial charge in [0.2, 0.25) is 0 Å². The molecule has 28 heavy (non-hydrogen) atoms. The average Bonchev–Trinajstić information content (AvgIpc) is 2.66. The number of esters is 1. The van der Waals surface area contributed by atoms with Crippen molar-refractivity contribution < 1.29 is 23.8 Å². The molecule has 2 atom stereocenters. The number of amides is 1. The number of anilines is 1. The number of carbonyl (C=O) groups excluding carboxylic acids is 2. The third-order valence-electron chi connectivity index (χ3n) is 4.96. The monoisotopic (exact) mass is 391 g/mol. The Morgan fingerprint density at radius 2 is 2.07 bits per heavy atom. The Morgan fingerprint density at radius 1 is 1.32 bits per heavy atom. The van der Waals surface area contributed by atoms with Gasteiger partial charge in [-0.15, -0.1) is 0 Å². The van der Waals surface area contributed by atoms with Gasteiger partial charge in [-0.1, -0.05) is 20.3 Å². The van der Waals surface area contributed by atoms with E-state index in [4.69, 9.17) is 14.2 Å². The molecule has 1 saturated carbocycles. The Kier molecular flexibility index (Phi) is 7.87. The molecular formula is C22H33NO5. The maximum absolute atomic E-state index is 13.2. The molecule has 1 aliphatic rings. The minimum absolute atomic E-state index is 0.0849. The quantitative estimate of drug-likeness (QED) is 0.657. The molecule has 0 spiro atoms. The van der Waals surface area contributed by atoms with Gasteiger partial charge in [0, 0.05) is 12.3 Å². The zero-order valence-corrected chi connectivity index (χ0v) is 17.7. The SMILES string of the molecule is CCCO[C@]1(C(=O)Nc2ccc(OC(C)C)c(C(=O)OC)c2)CCC[C@@H](C)C1. The number of hydrogen-bond donors (Lipinski definition) is 1. The fraction of sp³-hybridized carbons (Fsp3) is 0.636. The van der Waals surface area contributed by atoms with Crippen LogP contribution in [0.15, 0.2) is 18.2 Å². The molecule has 156 valence electrons. The van der Waals surface area contributed by atoms with Crippen molar-refractivity contribution in [2.24, 2.45) is 5.92 Å². The minimum atomic E-state index is -0.813. The van der Waals surface area contributed by atoms with Crippen LogP contribution in [-0.4, -0.2) is 37.3 Å². The summed E-state index contributed by atoms with van der Waals surface area (Å²) in [5.74, 6) is 0.211. The van der Waals surface area contributed by atoms with Crippen LogP contribution < -0.4 is 10.1 Å². The van der Waals surface area contributed by atoms with Crippen molar-refractivity contribution in [1.29, 1.82) is 0 Å². The van der Waals surface area contributed by atoms with Gasteiger partial charge in [0.1, 0.15) is 16.9 Å². The van der Waals surface area contributed by atoms with Crippen LogP contribution in [0.1, 0.15) is 70.2 Å². The van der Waals surface area contributed by atoms with E-state index in [1.54, 1.807) is 18.2 Å². The second kappa shape index (κ2) is 9.92.